The van der Waals surface area contributed by atoms with E-state index in [1.54, 1.807) is 19.5 Å². The summed E-state index contributed by atoms with van der Waals surface area (Å²) in [5, 5.41) is 14.3. The third-order valence-electron chi connectivity index (χ3n) is 3.38. The highest BCUT2D eigenvalue weighted by Gasteiger charge is 2.04. The molecule has 0 spiro atoms. The fraction of sp³-hybridized carbons (Fsp3) is 0.176. The molecule has 0 fully saturated rings. The number of anilines is 2. The van der Waals surface area contributed by atoms with E-state index in [4.69, 9.17) is 4.74 Å². The standard InChI is InChI=1S/C17H18N6O/c1-24-15-7-3-2-6-14(15)11-20-17-22-16(12-21-23-17)19-10-13-5-4-8-18-9-13/h2-9,12H,10-11H2,1H3,(H2,19,20,22,23). The average molecular weight is 322 g/mol. The van der Waals surface area contributed by atoms with Gasteiger partial charge < -0.3 is 15.4 Å². The quantitative estimate of drug-likeness (QED) is 0.691. The van der Waals surface area contributed by atoms with Crippen LogP contribution >= 0.6 is 0 Å². The summed E-state index contributed by atoms with van der Waals surface area (Å²) < 4.78 is 5.33. The van der Waals surface area contributed by atoms with E-state index in [9.17, 15) is 0 Å². The van der Waals surface area contributed by atoms with Gasteiger partial charge in [0.1, 0.15) is 5.75 Å². The van der Waals surface area contributed by atoms with Crippen LogP contribution in [-0.4, -0.2) is 27.3 Å². The zero-order valence-electron chi connectivity index (χ0n) is 13.3. The molecular weight excluding hydrogens is 304 g/mol. The molecule has 122 valence electrons. The van der Waals surface area contributed by atoms with Gasteiger partial charge in [0.05, 0.1) is 13.3 Å². The highest BCUT2D eigenvalue weighted by atomic mass is 16.5. The molecule has 24 heavy (non-hydrogen) atoms. The van der Waals surface area contributed by atoms with Gasteiger partial charge in [0.15, 0.2) is 5.82 Å². The van der Waals surface area contributed by atoms with Crippen LogP contribution in [0, 0.1) is 0 Å². The highest BCUT2D eigenvalue weighted by Crippen LogP contribution is 2.18. The second-order valence-electron chi connectivity index (χ2n) is 5.05. The van der Waals surface area contributed by atoms with E-state index in [0.29, 0.717) is 24.9 Å². The second-order valence-corrected chi connectivity index (χ2v) is 5.05. The van der Waals surface area contributed by atoms with Crippen molar-refractivity contribution in [3.63, 3.8) is 0 Å². The number of hydrogen-bond donors (Lipinski definition) is 2. The Hall–Kier alpha value is -3.22. The maximum Gasteiger partial charge on any atom is 0.244 e. The van der Waals surface area contributed by atoms with Crippen LogP contribution in [0.3, 0.4) is 0 Å². The van der Waals surface area contributed by atoms with Crippen molar-refractivity contribution in [3.8, 4) is 5.75 Å². The number of benzene rings is 1. The third-order valence-corrected chi connectivity index (χ3v) is 3.38. The van der Waals surface area contributed by atoms with Crippen molar-refractivity contribution in [2.75, 3.05) is 17.7 Å². The van der Waals surface area contributed by atoms with E-state index >= 15 is 0 Å². The molecule has 0 aliphatic rings. The van der Waals surface area contributed by atoms with E-state index in [-0.39, 0.29) is 0 Å². The van der Waals surface area contributed by atoms with E-state index in [0.717, 1.165) is 16.9 Å². The summed E-state index contributed by atoms with van der Waals surface area (Å²) in [4.78, 5) is 8.48. The van der Waals surface area contributed by atoms with Crippen LogP contribution in [0.25, 0.3) is 0 Å². The van der Waals surface area contributed by atoms with Gasteiger partial charge in [-0.25, -0.2) is 0 Å². The molecule has 0 atom stereocenters. The largest absolute Gasteiger partial charge is 0.496 e. The molecule has 0 saturated heterocycles. The Morgan fingerprint density at radius 1 is 1.00 bits per heavy atom. The molecule has 2 N–H and O–H groups in total. The van der Waals surface area contributed by atoms with Gasteiger partial charge in [-0.1, -0.05) is 24.3 Å². The number of methoxy groups -OCH3 is 1. The lowest BCUT2D eigenvalue weighted by atomic mass is 10.2. The molecule has 0 radical (unpaired) electrons. The molecule has 3 aromatic rings. The predicted molar refractivity (Wildman–Crippen MR) is 91.7 cm³/mol. The van der Waals surface area contributed by atoms with Crippen molar-refractivity contribution in [1.29, 1.82) is 0 Å². The van der Waals surface area contributed by atoms with E-state index in [1.807, 2.05) is 42.6 Å². The first kappa shape index (κ1) is 15.7. The van der Waals surface area contributed by atoms with E-state index < -0.39 is 0 Å². The molecule has 0 saturated carbocycles. The minimum atomic E-state index is 0.456. The summed E-state index contributed by atoms with van der Waals surface area (Å²) in [6, 6.07) is 11.7. The molecule has 7 heteroatoms. The molecule has 3 rings (SSSR count). The lowest BCUT2D eigenvalue weighted by Gasteiger charge is -2.10. The Kier molecular flexibility index (Phi) is 5.14. The number of para-hydroxylation sites is 1. The summed E-state index contributed by atoms with van der Waals surface area (Å²) in [5.74, 6) is 1.93. The summed E-state index contributed by atoms with van der Waals surface area (Å²) in [6.07, 6.45) is 5.14. The molecule has 7 nitrogen and oxygen atoms in total. The van der Waals surface area contributed by atoms with Crippen molar-refractivity contribution in [2.24, 2.45) is 0 Å². The fourth-order valence-electron chi connectivity index (χ4n) is 2.18. The predicted octanol–water partition coefficient (Wildman–Crippen LogP) is 2.50. The number of aromatic nitrogens is 4. The number of nitrogens with one attached hydrogen (secondary N) is 2. The van der Waals surface area contributed by atoms with Crippen LogP contribution < -0.4 is 15.4 Å². The normalized spacial score (nSPS) is 10.2. The number of hydrogen-bond acceptors (Lipinski definition) is 7. The van der Waals surface area contributed by atoms with Gasteiger partial charge in [-0.15, -0.1) is 5.10 Å². The monoisotopic (exact) mass is 322 g/mol. The molecule has 0 unspecified atom stereocenters. The molecule has 1 aromatic carbocycles. The maximum absolute atomic E-state index is 5.33. The first-order chi connectivity index (χ1) is 11.8. The van der Waals surface area contributed by atoms with Gasteiger partial charge in [-0.2, -0.15) is 10.1 Å². The van der Waals surface area contributed by atoms with Crippen molar-refractivity contribution in [2.45, 2.75) is 13.1 Å². The Balaban J connectivity index is 1.61. The summed E-state index contributed by atoms with van der Waals surface area (Å²) >= 11 is 0. The minimum absolute atomic E-state index is 0.456. The lowest BCUT2D eigenvalue weighted by Crippen LogP contribution is -2.08. The summed E-state index contributed by atoms with van der Waals surface area (Å²) in [6.45, 7) is 1.18. The smallest absolute Gasteiger partial charge is 0.244 e. The van der Waals surface area contributed by atoms with Gasteiger partial charge in [0.2, 0.25) is 5.95 Å². The topological polar surface area (TPSA) is 84.9 Å². The van der Waals surface area contributed by atoms with Crippen LogP contribution in [0.1, 0.15) is 11.1 Å². The maximum atomic E-state index is 5.33. The zero-order valence-corrected chi connectivity index (χ0v) is 13.3. The first-order valence-corrected chi connectivity index (χ1v) is 7.53. The Morgan fingerprint density at radius 3 is 2.75 bits per heavy atom. The van der Waals surface area contributed by atoms with Crippen molar-refractivity contribution >= 4 is 11.8 Å². The van der Waals surface area contributed by atoms with Gasteiger partial charge in [0.25, 0.3) is 0 Å². The summed E-state index contributed by atoms with van der Waals surface area (Å²) in [7, 11) is 1.65. The SMILES string of the molecule is COc1ccccc1CNc1nncc(NCc2cccnc2)n1. The minimum Gasteiger partial charge on any atom is -0.496 e. The molecule has 0 aliphatic carbocycles. The molecule has 0 bridgehead atoms. The van der Waals surface area contributed by atoms with Gasteiger partial charge in [0, 0.05) is 31.0 Å². The highest BCUT2D eigenvalue weighted by molar-refractivity contribution is 5.40. The lowest BCUT2D eigenvalue weighted by molar-refractivity contribution is 0.410. The molecule has 2 aromatic heterocycles. The van der Waals surface area contributed by atoms with Crippen LogP contribution in [0.15, 0.2) is 55.0 Å². The third kappa shape index (κ3) is 4.16. The average Bonchev–Trinajstić information content (AvgIpc) is 2.66. The van der Waals surface area contributed by atoms with E-state index in [2.05, 4.69) is 30.8 Å². The molecule has 0 aliphatic heterocycles. The first-order valence-electron chi connectivity index (χ1n) is 7.53. The zero-order chi connectivity index (χ0) is 16.6. The Morgan fingerprint density at radius 2 is 1.92 bits per heavy atom. The fourth-order valence-corrected chi connectivity index (χ4v) is 2.18. The van der Waals surface area contributed by atoms with Crippen molar-refractivity contribution < 1.29 is 4.74 Å². The van der Waals surface area contributed by atoms with E-state index in [1.165, 1.54) is 0 Å². The molecular formula is C17H18N6O. The second kappa shape index (κ2) is 7.87. The number of nitrogens with zero attached hydrogens (tertiary/aromatic N) is 4. The van der Waals surface area contributed by atoms with Crippen LogP contribution in [0.4, 0.5) is 11.8 Å². The van der Waals surface area contributed by atoms with Crippen LogP contribution in [0.5, 0.6) is 5.75 Å². The van der Waals surface area contributed by atoms with Gasteiger partial charge in [-0.05, 0) is 17.7 Å². The van der Waals surface area contributed by atoms with Crippen molar-refractivity contribution in [3.05, 3.63) is 66.1 Å². The van der Waals surface area contributed by atoms with Gasteiger partial charge in [-0.3, -0.25) is 4.98 Å². The van der Waals surface area contributed by atoms with Crippen molar-refractivity contribution in [1.82, 2.24) is 20.2 Å². The Labute approximate surface area is 140 Å². The molecule has 2 heterocycles. The van der Waals surface area contributed by atoms with Gasteiger partial charge >= 0.3 is 0 Å². The summed E-state index contributed by atoms with van der Waals surface area (Å²) in [5.41, 5.74) is 2.09. The van der Waals surface area contributed by atoms with Crippen LogP contribution in [-0.2, 0) is 13.1 Å². The molecule has 0 amide bonds. The number of rotatable bonds is 7. The van der Waals surface area contributed by atoms with Crippen LogP contribution in [0.2, 0.25) is 0 Å². The number of ether oxygens (including phenoxy) is 1. The number of pyridine rings is 1. The Bertz CT molecular complexity index is 781.